The van der Waals surface area contributed by atoms with Crippen molar-refractivity contribution in [2.45, 2.75) is 39.0 Å². The second kappa shape index (κ2) is 8.91. The minimum atomic E-state index is -0.107. The van der Waals surface area contributed by atoms with Crippen molar-refractivity contribution in [3.8, 4) is 0 Å². The molecular formula is C14H26N2O3. The van der Waals surface area contributed by atoms with E-state index in [1.165, 1.54) is 0 Å². The molecule has 0 saturated carbocycles. The predicted octanol–water partition coefficient (Wildman–Crippen LogP) is 1.18. The molecule has 0 aromatic rings. The summed E-state index contributed by atoms with van der Waals surface area (Å²) in [5.41, 5.74) is 0. The Balaban J connectivity index is 2.11. The molecule has 1 saturated heterocycles. The largest absolute Gasteiger partial charge is 0.466 e. The van der Waals surface area contributed by atoms with Crippen LogP contribution < -0.4 is 5.32 Å². The van der Waals surface area contributed by atoms with Gasteiger partial charge in [-0.15, -0.1) is 0 Å². The first-order valence-corrected chi connectivity index (χ1v) is 7.24. The Morgan fingerprint density at radius 1 is 1.26 bits per heavy atom. The van der Waals surface area contributed by atoms with Crippen LogP contribution in [0.25, 0.3) is 0 Å². The second-order valence-electron chi connectivity index (χ2n) is 5.05. The van der Waals surface area contributed by atoms with Gasteiger partial charge in [0.15, 0.2) is 0 Å². The van der Waals surface area contributed by atoms with Gasteiger partial charge in [0.1, 0.15) is 0 Å². The highest BCUT2D eigenvalue weighted by atomic mass is 16.5. The molecule has 5 nitrogen and oxygen atoms in total. The van der Waals surface area contributed by atoms with E-state index in [-0.39, 0.29) is 11.9 Å². The molecule has 110 valence electrons. The van der Waals surface area contributed by atoms with Crippen LogP contribution in [0.1, 0.15) is 39.0 Å². The number of carbonyl (C=O) groups excluding carboxylic acids is 2. The lowest BCUT2D eigenvalue weighted by molar-refractivity contribution is -0.143. The summed E-state index contributed by atoms with van der Waals surface area (Å²) in [5.74, 6) is 0.671. The summed E-state index contributed by atoms with van der Waals surface area (Å²) in [4.78, 5) is 24.8. The molecule has 1 heterocycles. The standard InChI is InChI=1S/C14H26N2O3/c1-3-19-14(18)8-11-16-9-6-12(7-10-16)4-5-13(17)15-2/h12H,3-11H2,1-2H3,(H,15,17). The molecular weight excluding hydrogens is 244 g/mol. The first-order chi connectivity index (χ1) is 9.15. The van der Waals surface area contributed by atoms with Gasteiger partial charge in [-0.05, 0) is 45.2 Å². The lowest BCUT2D eigenvalue weighted by atomic mass is 9.92. The fourth-order valence-corrected chi connectivity index (χ4v) is 2.44. The molecule has 0 aliphatic carbocycles. The molecule has 0 aromatic heterocycles. The molecule has 1 amide bonds. The van der Waals surface area contributed by atoms with Crippen LogP contribution in [0.3, 0.4) is 0 Å². The van der Waals surface area contributed by atoms with Gasteiger partial charge in [0.25, 0.3) is 0 Å². The van der Waals surface area contributed by atoms with Gasteiger partial charge in [0, 0.05) is 20.0 Å². The molecule has 0 radical (unpaired) electrons. The highest BCUT2D eigenvalue weighted by Crippen LogP contribution is 2.21. The van der Waals surface area contributed by atoms with E-state index in [0.717, 1.165) is 38.9 Å². The number of ether oxygens (including phenoxy) is 1. The van der Waals surface area contributed by atoms with E-state index in [0.29, 0.717) is 25.4 Å². The smallest absolute Gasteiger partial charge is 0.307 e. The number of likely N-dealkylation sites (tertiary alicyclic amines) is 1. The molecule has 1 aliphatic heterocycles. The molecule has 19 heavy (non-hydrogen) atoms. The fraction of sp³-hybridized carbons (Fsp3) is 0.857. The molecule has 0 aromatic carbocycles. The number of nitrogens with zero attached hydrogens (tertiary/aromatic N) is 1. The monoisotopic (exact) mass is 270 g/mol. The zero-order valence-corrected chi connectivity index (χ0v) is 12.1. The lowest BCUT2D eigenvalue weighted by Gasteiger charge is -2.31. The summed E-state index contributed by atoms with van der Waals surface area (Å²) in [6.07, 6.45) is 4.34. The number of carbonyl (C=O) groups is 2. The lowest BCUT2D eigenvalue weighted by Crippen LogP contribution is -2.35. The molecule has 1 aliphatic rings. The van der Waals surface area contributed by atoms with E-state index < -0.39 is 0 Å². The van der Waals surface area contributed by atoms with Crippen LogP contribution in [-0.4, -0.2) is 50.1 Å². The number of rotatable bonds is 7. The molecule has 1 rings (SSSR count). The van der Waals surface area contributed by atoms with Crippen LogP contribution in [0.2, 0.25) is 0 Å². The van der Waals surface area contributed by atoms with E-state index in [9.17, 15) is 9.59 Å². The van der Waals surface area contributed by atoms with Gasteiger partial charge in [-0.2, -0.15) is 0 Å². The molecule has 5 heteroatoms. The van der Waals surface area contributed by atoms with Gasteiger partial charge in [-0.1, -0.05) is 0 Å². The summed E-state index contributed by atoms with van der Waals surface area (Å²) >= 11 is 0. The molecule has 1 fully saturated rings. The fourth-order valence-electron chi connectivity index (χ4n) is 2.44. The summed E-state index contributed by atoms with van der Waals surface area (Å²) in [5, 5.41) is 2.66. The number of amides is 1. The molecule has 1 N–H and O–H groups in total. The quantitative estimate of drug-likeness (QED) is 0.706. The number of esters is 1. The first-order valence-electron chi connectivity index (χ1n) is 7.24. The topological polar surface area (TPSA) is 58.6 Å². The third-order valence-electron chi connectivity index (χ3n) is 3.70. The van der Waals surface area contributed by atoms with Crippen LogP contribution in [0.15, 0.2) is 0 Å². The van der Waals surface area contributed by atoms with E-state index >= 15 is 0 Å². The van der Waals surface area contributed by atoms with Gasteiger partial charge in [0.2, 0.25) is 5.91 Å². The van der Waals surface area contributed by atoms with Crippen molar-refractivity contribution in [2.24, 2.45) is 5.92 Å². The van der Waals surface area contributed by atoms with E-state index in [4.69, 9.17) is 4.74 Å². The van der Waals surface area contributed by atoms with Crippen molar-refractivity contribution in [1.29, 1.82) is 0 Å². The Morgan fingerprint density at radius 3 is 2.53 bits per heavy atom. The normalized spacial score (nSPS) is 17.2. The Kier molecular flexibility index (Phi) is 7.48. The Hall–Kier alpha value is -1.10. The highest BCUT2D eigenvalue weighted by Gasteiger charge is 2.20. The van der Waals surface area contributed by atoms with E-state index in [1.807, 2.05) is 6.92 Å². The van der Waals surface area contributed by atoms with Crippen molar-refractivity contribution in [3.63, 3.8) is 0 Å². The summed E-state index contributed by atoms with van der Waals surface area (Å²) < 4.78 is 4.92. The SMILES string of the molecule is CCOC(=O)CCN1CCC(CCC(=O)NC)CC1. The molecule has 0 atom stereocenters. The Labute approximate surface area is 115 Å². The predicted molar refractivity (Wildman–Crippen MR) is 73.7 cm³/mol. The maximum absolute atomic E-state index is 11.3. The van der Waals surface area contributed by atoms with E-state index in [1.54, 1.807) is 7.05 Å². The zero-order chi connectivity index (χ0) is 14.1. The molecule has 0 spiro atoms. The number of piperidine rings is 1. The minimum Gasteiger partial charge on any atom is -0.466 e. The minimum absolute atomic E-state index is 0.107. The van der Waals surface area contributed by atoms with Gasteiger partial charge >= 0.3 is 5.97 Å². The van der Waals surface area contributed by atoms with Crippen LogP contribution in [-0.2, 0) is 14.3 Å². The van der Waals surface area contributed by atoms with Crippen molar-refractivity contribution < 1.29 is 14.3 Å². The molecule has 0 bridgehead atoms. The summed E-state index contributed by atoms with van der Waals surface area (Å²) in [7, 11) is 1.68. The third-order valence-corrected chi connectivity index (χ3v) is 3.70. The van der Waals surface area contributed by atoms with Gasteiger partial charge in [-0.25, -0.2) is 0 Å². The van der Waals surface area contributed by atoms with Crippen molar-refractivity contribution in [1.82, 2.24) is 10.2 Å². The average Bonchev–Trinajstić information content (AvgIpc) is 2.44. The van der Waals surface area contributed by atoms with Crippen LogP contribution >= 0.6 is 0 Å². The van der Waals surface area contributed by atoms with Crippen LogP contribution in [0, 0.1) is 5.92 Å². The number of nitrogens with one attached hydrogen (secondary N) is 1. The zero-order valence-electron chi connectivity index (χ0n) is 12.1. The summed E-state index contributed by atoms with van der Waals surface area (Å²) in [6.45, 7) is 5.13. The van der Waals surface area contributed by atoms with Gasteiger partial charge in [0.05, 0.1) is 13.0 Å². The van der Waals surface area contributed by atoms with Gasteiger partial charge < -0.3 is 15.0 Å². The highest BCUT2D eigenvalue weighted by molar-refractivity contribution is 5.75. The molecule has 0 unspecified atom stereocenters. The second-order valence-corrected chi connectivity index (χ2v) is 5.05. The van der Waals surface area contributed by atoms with E-state index in [2.05, 4.69) is 10.2 Å². The first kappa shape index (κ1) is 16.0. The van der Waals surface area contributed by atoms with Crippen molar-refractivity contribution >= 4 is 11.9 Å². The maximum atomic E-state index is 11.3. The number of hydrogen-bond donors (Lipinski definition) is 1. The van der Waals surface area contributed by atoms with Gasteiger partial charge in [-0.3, -0.25) is 9.59 Å². The Bertz CT molecular complexity index is 286. The van der Waals surface area contributed by atoms with Crippen LogP contribution in [0.5, 0.6) is 0 Å². The summed E-state index contributed by atoms with van der Waals surface area (Å²) in [6, 6.07) is 0. The average molecular weight is 270 g/mol. The van der Waals surface area contributed by atoms with Crippen molar-refractivity contribution in [2.75, 3.05) is 33.3 Å². The van der Waals surface area contributed by atoms with Crippen LogP contribution in [0.4, 0.5) is 0 Å². The Morgan fingerprint density at radius 2 is 1.95 bits per heavy atom. The van der Waals surface area contributed by atoms with Crippen molar-refractivity contribution in [3.05, 3.63) is 0 Å². The third kappa shape index (κ3) is 6.57. The maximum Gasteiger partial charge on any atom is 0.307 e. The number of hydrogen-bond acceptors (Lipinski definition) is 4.